The van der Waals surface area contributed by atoms with Crippen LogP contribution in [0.1, 0.15) is 23.7 Å². The zero-order valence-electron chi connectivity index (χ0n) is 14.8. The third kappa shape index (κ3) is 4.22. The Morgan fingerprint density at radius 2 is 2.15 bits per heavy atom. The van der Waals surface area contributed by atoms with Crippen LogP contribution in [-0.2, 0) is 0 Å². The minimum absolute atomic E-state index is 0.0883. The molecule has 27 heavy (non-hydrogen) atoms. The van der Waals surface area contributed by atoms with E-state index in [1.54, 1.807) is 0 Å². The number of nitriles is 1. The summed E-state index contributed by atoms with van der Waals surface area (Å²) < 4.78 is 0. The Morgan fingerprint density at radius 3 is 2.85 bits per heavy atom. The molecule has 3 N–H and O–H groups in total. The van der Waals surface area contributed by atoms with Gasteiger partial charge in [0, 0.05) is 24.3 Å². The van der Waals surface area contributed by atoms with Crippen molar-refractivity contribution in [1.29, 1.82) is 5.26 Å². The fraction of sp³-hybridized carbons (Fsp3) is 0.263. The Labute approximate surface area is 160 Å². The van der Waals surface area contributed by atoms with E-state index in [1.165, 1.54) is 17.5 Å². The number of nitrogens with one attached hydrogen (secondary N) is 2. The van der Waals surface area contributed by atoms with Crippen molar-refractivity contribution in [2.45, 2.75) is 19.4 Å². The Bertz CT molecular complexity index is 981. The molecule has 0 saturated carbocycles. The number of carbonyl (C=O) groups is 1. The Morgan fingerprint density at radius 1 is 1.37 bits per heavy atom. The summed E-state index contributed by atoms with van der Waals surface area (Å²) in [5.41, 5.74) is 2.44. The van der Waals surface area contributed by atoms with E-state index in [2.05, 4.69) is 20.6 Å². The summed E-state index contributed by atoms with van der Waals surface area (Å²) in [6.45, 7) is 1.98. The first-order chi connectivity index (χ1) is 13.1. The van der Waals surface area contributed by atoms with Crippen molar-refractivity contribution < 1.29 is 9.90 Å². The number of pyridine rings is 1. The normalized spacial score (nSPS) is 11.7. The standard InChI is InChI=1S/C19H19N5O2S/c1-12(11-25)23-15-14(17(26)21-9-5-8-20)10-22-19-16(15)24-18(27-19)13-6-3-2-4-7-13/h2-4,6-7,10,12,25H,5,9,11H2,1H3,(H,21,26)(H,22,23). The maximum Gasteiger partial charge on any atom is 0.255 e. The van der Waals surface area contributed by atoms with Crippen LogP contribution in [0.25, 0.3) is 20.9 Å². The van der Waals surface area contributed by atoms with Crippen molar-refractivity contribution >= 4 is 33.3 Å². The van der Waals surface area contributed by atoms with E-state index in [4.69, 9.17) is 5.26 Å². The average Bonchev–Trinajstić information content (AvgIpc) is 3.13. The predicted molar refractivity (Wildman–Crippen MR) is 106 cm³/mol. The highest BCUT2D eigenvalue weighted by Gasteiger charge is 2.20. The zero-order chi connectivity index (χ0) is 19.2. The fourth-order valence-electron chi connectivity index (χ4n) is 2.52. The fourth-order valence-corrected chi connectivity index (χ4v) is 3.44. The molecule has 3 rings (SSSR count). The number of nitrogens with zero attached hydrogens (tertiary/aromatic N) is 3. The number of amides is 1. The third-order valence-corrected chi connectivity index (χ3v) is 4.89. The van der Waals surface area contributed by atoms with E-state index in [0.29, 0.717) is 21.6 Å². The van der Waals surface area contributed by atoms with Gasteiger partial charge < -0.3 is 15.7 Å². The molecule has 1 unspecified atom stereocenters. The van der Waals surface area contributed by atoms with Gasteiger partial charge in [-0.05, 0) is 6.92 Å². The van der Waals surface area contributed by atoms with Crippen molar-refractivity contribution in [3.8, 4) is 16.6 Å². The quantitative estimate of drug-likeness (QED) is 0.543. The minimum Gasteiger partial charge on any atom is -0.394 e. The summed E-state index contributed by atoms with van der Waals surface area (Å²) in [6.07, 6.45) is 1.73. The highest BCUT2D eigenvalue weighted by atomic mass is 32.1. The first kappa shape index (κ1) is 18.8. The van der Waals surface area contributed by atoms with Crippen LogP contribution in [0.15, 0.2) is 36.5 Å². The lowest BCUT2D eigenvalue weighted by molar-refractivity contribution is 0.0955. The number of benzene rings is 1. The number of aromatic nitrogens is 2. The van der Waals surface area contributed by atoms with E-state index < -0.39 is 0 Å². The molecule has 1 aromatic carbocycles. The average molecular weight is 381 g/mol. The third-order valence-electron chi connectivity index (χ3n) is 3.88. The second-order valence-corrected chi connectivity index (χ2v) is 6.96. The zero-order valence-corrected chi connectivity index (χ0v) is 15.6. The number of carbonyl (C=O) groups excluding carboxylic acids is 1. The second kappa shape index (κ2) is 8.58. The smallest absolute Gasteiger partial charge is 0.255 e. The molecule has 0 spiro atoms. The summed E-state index contributed by atoms with van der Waals surface area (Å²) in [5, 5.41) is 24.7. The number of fused-ring (bicyclic) bond motifs is 1. The van der Waals surface area contributed by atoms with Gasteiger partial charge >= 0.3 is 0 Å². The Kier molecular flexibility index (Phi) is 5.96. The number of aliphatic hydroxyl groups excluding tert-OH is 1. The van der Waals surface area contributed by atoms with Crippen LogP contribution < -0.4 is 10.6 Å². The molecule has 0 fully saturated rings. The van der Waals surface area contributed by atoms with Gasteiger partial charge in [0.15, 0.2) is 0 Å². The number of anilines is 1. The molecule has 1 amide bonds. The molecule has 0 aliphatic heterocycles. The Hall–Kier alpha value is -3.02. The second-order valence-electron chi connectivity index (χ2n) is 5.98. The molecule has 138 valence electrons. The van der Waals surface area contributed by atoms with Gasteiger partial charge in [0.05, 0.1) is 30.3 Å². The van der Waals surface area contributed by atoms with Gasteiger partial charge in [-0.1, -0.05) is 41.7 Å². The monoisotopic (exact) mass is 381 g/mol. The number of thiazole rings is 1. The summed E-state index contributed by atoms with van der Waals surface area (Å²) in [7, 11) is 0. The maximum atomic E-state index is 12.5. The van der Waals surface area contributed by atoms with Gasteiger partial charge in [0.2, 0.25) is 0 Å². The van der Waals surface area contributed by atoms with E-state index in [9.17, 15) is 9.90 Å². The van der Waals surface area contributed by atoms with Gasteiger partial charge in [-0.25, -0.2) is 9.97 Å². The van der Waals surface area contributed by atoms with Crippen LogP contribution in [-0.4, -0.2) is 40.2 Å². The molecule has 1 atom stereocenters. The molecule has 0 aliphatic rings. The molecule has 3 aromatic rings. The number of aliphatic hydroxyl groups is 1. The molecular weight excluding hydrogens is 362 g/mol. The van der Waals surface area contributed by atoms with Gasteiger partial charge in [0.25, 0.3) is 5.91 Å². The van der Waals surface area contributed by atoms with E-state index in [0.717, 1.165) is 10.6 Å². The van der Waals surface area contributed by atoms with Crippen molar-refractivity contribution in [3.05, 3.63) is 42.1 Å². The van der Waals surface area contributed by atoms with Crippen LogP contribution in [0.4, 0.5) is 5.69 Å². The summed E-state index contributed by atoms with van der Waals surface area (Å²) >= 11 is 1.44. The first-order valence-electron chi connectivity index (χ1n) is 8.51. The lowest BCUT2D eigenvalue weighted by atomic mass is 10.1. The summed E-state index contributed by atoms with van der Waals surface area (Å²) in [6, 6.07) is 11.5. The molecule has 8 heteroatoms. The summed E-state index contributed by atoms with van der Waals surface area (Å²) in [5.74, 6) is -0.332. The van der Waals surface area contributed by atoms with Crippen LogP contribution in [0.3, 0.4) is 0 Å². The predicted octanol–water partition coefficient (Wildman–Crippen LogP) is 2.79. The first-order valence-corrected chi connectivity index (χ1v) is 9.33. The van der Waals surface area contributed by atoms with Crippen LogP contribution >= 0.6 is 11.3 Å². The Balaban J connectivity index is 2.05. The topological polar surface area (TPSA) is 111 Å². The molecule has 7 nitrogen and oxygen atoms in total. The highest BCUT2D eigenvalue weighted by Crippen LogP contribution is 2.34. The molecule has 0 saturated heterocycles. The van der Waals surface area contributed by atoms with E-state index >= 15 is 0 Å². The number of rotatable bonds is 7. The SMILES string of the molecule is CC(CO)Nc1c(C(=O)NCCC#N)cnc2sc(-c3ccccc3)nc12. The number of hydrogen-bond donors (Lipinski definition) is 3. The van der Waals surface area contributed by atoms with Gasteiger partial charge in [0.1, 0.15) is 15.4 Å². The van der Waals surface area contributed by atoms with Gasteiger partial charge in [-0.3, -0.25) is 4.79 Å². The van der Waals surface area contributed by atoms with Crippen LogP contribution in [0, 0.1) is 11.3 Å². The van der Waals surface area contributed by atoms with Gasteiger partial charge in [-0.15, -0.1) is 0 Å². The molecule has 2 aromatic heterocycles. The minimum atomic E-state index is -0.332. The summed E-state index contributed by atoms with van der Waals surface area (Å²) in [4.78, 5) is 22.3. The van der Waals surface area contributed by atoms with Crippen molar-refractivity contribution in [3.63, 3.8) is 0 Å². The van der Waals surface area contributed by atoms with Crippen LogP contribution in [0.2, 0.25) is 0 Å². The maximum absolute atomic E-state index is 12.5. The largest absolute Gasteiger partial charge is 0.394 e. The number of hydrogen-bond acceptors (Lipinski definition) is 7. The lowest BCUT2D eigenvalue weighted by Crippen LogP contribution is -2.27. The van der Waals surface area contributed by atoms with E-state index in [-0.39, 0.29) is 31.5 Å². The van der Waals surface area contributed by atoms with Crippen molar-refractivity contribution in [1.82, 2.24) is 15.3 Å². The molecule has 0 aliphatic carbocycles. The molecule has 0 radical (unpaired) electrons. The lowest BCUT2D eigenvalue weighted by Gasteiger charge is -2.16. The molecule has 0 bridgehead atoms. The molecule has 2 heterocycles. The van der Waals surface area contributed by atoms with Gasteiger partial charge in [-0.2, -0.15) is 5.26 Å². The molecular formula is C19H19N5O2S. The highest BCUT2D eigenvalue weighted by molar-refractivity contribution is 7.21. The van der Waals surface area contributed by atoms with Crippen molar-refractivity contribution in [2.24, 2.45) is 0 Å². The van der Waals surface area contributed by atoms with Crippen LogP contribution in [0.5, 0.6) is 0 Å². The van der Waals surface area contributed by atoms with E-state index in [1.807, 2.05) is 43.3 Å². The van der Waals surface area contributed by atoms with Crippen molar-refractivity contribution in [2.75, 3.05) is 18.5 Å².